The van der Waals surface area contributed by atoms with Crippen LogP contribution in [0.3, 0.4) is 0 Å². The second-order valence-corrected chi connectivity index (χ2v) is 6.63. The summed E-state index contributed by atoms with van der Waals surface area (Å²) in [4.78, 5) is 31.3. The number of amides is 1. The zero-order chi connectivity index (χ0) is 17.3. The highest BCUT2D eigenvalue weighted by molar-refractivity contribution is 5.86. The summed E-state index contributed by atoms with van der Waals surface area (Å²) in [5.41, 5.74) is 0.453. The Kier molecular flexibility index (Phi) is 4.14. The van der Waals surface area contributed by atoms with Gasteiger partial charge in [0.2, 0.25) is 0 Å². The van der Waals surface area contributed by atoms with Crippen LogP contribution < -0.4 is 5.32 Å². The van der Waals surface area contributed by atoms with Crippen molar-refractivity contribution in [2.45, 2.75) is 24.4 Å². The quantitative estimate of drug-likeness (QED) is 0.809. The highest BCUT2D eigenvalue weighted by Crippen LogP contribution is 2.28. The number of aliphatic hydroxyl groups is 1. The lowest BCUT2D eigenvalue weighted by Gasteiger charge is -2.41. The topological polar surface area (TPSA) is 104 Å². The van der Waals surface area contributed by atoms with Crippen LogP contribution >= 0.6 is 0 Å². The number of nitrogens with one attached hydrogen (secondary N) is 1. The molecule has 0 aliphatic carbocycles. The molecule has 0 bridgehead atoms. The van der Waals surface area contributed by atoms with Crippen molar-refractivity contribution < 1.29 is 9.90 Å². The molecule has 2 aliphatic heterocycles. The third kappa shape index (κ3) is 3.10. The zero-order valence-corrected chi connectivity index (χ0v) is 13.8. The lowest BCUT2D eigenvalue weighted by atomic mass is 9.91. The monoisotopic (exact) mass is 340 g/mol. The van der Waals surface area contributed by atoms with E-state index in [2.05, 4.69) is 25.3 Å². The molecule has 130 valence electrons. The number of carbonyl (C=O) groups excluding carboxylic acids is 1. The SMILES string of the molecule is O=C(N1CCC(c2nccc(-c3cncnc3)n2)CC1)C1(O)CNC1. The predicted octanol–water partition coefficient (Wildman–Crippen LogP) is -0.0261. The van der Waals surface area contributed by atoms with Crippen molar-refractivity contribution in [3.05, 3.63) is 36.8 Å². The Morgan fingerprint density at radius 2 is 1.96 bits per heavy atom. The zero-order valence-electron chi connectivity index (χ0n) is 13.8. The summed E-state index contributed by atoms with van der Waals surface area (Å²) >= 11 is 0. The van der Waals surface area contributed by atoms with E-state index in [0.29, 0.717) is 26.2 Å². The predicted molar refractivity (Wildman–Crippen MR) is 89.4 cm³/mol. The molecule has 0 saturated carbocycles. The molecule has 1 amide bonds. The van der Waals surface area contributed by atoms with E-state index >= 15 is 0 Å². The molecule has 0 atom stereocenters. The fourth-order valence-corrected chi connectivity index (χ4v) is 3.31. The van der Waals surface area contributed by atoms with E-state index in [0.717, 1.165) is 29.9 Å². The van der Waals surface area contributed by atoms with Gasteiger partial charge in [-0.2, -0.15) is 0 Å². The number of likely N-dealkylation sites (tertiary alicyclic amines) is 1. The number of nitrogens with zero attached hydrogens (tertiary/aromatic N) is 5. The molecule has 4 rings (SSSR count). The average molecular weight is 340 g/mol. The van der Waals surface area contributed by atoms with Crippen LogP contribution in [-0.2, 0) is 4.79 Å². The van der Waals surface area contributed by atoms with Crippen LogP contribution in [0, 0.1) is 0 Å². The highest BCUT2D eigenvalue weighted by Gasteiger charge is 2.45. The number of hydrogen-bond donors (Lipinski definition) is 2. The van der Waals surface area contributed by atoms with Gasteiger partial charge in [0.25, 0.3) is 5.91 Å². The van der Waals surface area contributed by atoms with Crippen molar-refractivity contribution in [1.29, 1.82) is 0 Å². The minimum absolute atomic E-state index is 0.166. The minimum atomic E-state index is -1.21. The Hall–Kier alpha value is -2.45. The Morgan fingerprint density at radius 3 is 2.60 bits per heavy atom. The summed E-state index contributed by atoms with van der Waals surface area (Å²) in [6, 6.07) is 1.85. The van der Waals surface area contributed by atoms with Crippen LogP contribution in [0.2, 0.25) is 0 Å². The highest BCUT2D eigenvalue weighted by atomic mass is 16.3. The average Bonchev–Trinajstić information content (AvgIpc) is 2.66. The summed E-state index contributed by atoms with van der Waals surface area (Å²) in [5, 5.41) is 13.1. The molecule has 2 aromatic rings. The standard InChI is InChI=1S/C17H20N6O2/c24-16(17(25)9-20-10-17)23-5-2-12(3-6-23)15-21-4-1-14(22-15)13-7-18-11-19-8-13/h1,4,7-8,11-12,20,25H,2-3,5-6,9-10H2. The van der Waals surface area contributed by atoms with Gasteiger partial charge in [-0.15, -0.1) is 0 Å². The molecule has 4 heterocycles. The van der Waals surface area contributed by atoms with Crippen molar-refractivity contribution >= 4 is 5.91 Å². The van der Waals surface area contributed by atoms with Gasteiger partial charge >= 0.3 is 0 Å². The Balaban J connectivity index is 1.43. The fourth-order valence-electron chi connectivity index (χ4n) is 3.31. The maximum atomic E-state index is 12.4. The van der Waals surface area contributed by atoms with Crippen LogP contribution in [0.5, 0.6) is 0 Å². The third-order valence-corrected chi connectivity index (χ3v) is 4.91. The van der Waals surface area contributed by atoms with Crippen LogP contribution in [0.4, 0.5) is 0 Å². The number of aromatic nitrogens is 4. The molecule has 8 heteroatoms. The van der Waals surface area contributed by atoms with Gasteiger partial charge < -0.3 is 15.3 Å². The van der Waals surface area contributed by atoms with Crippen LogP contribution in [0.1, 0.15) is 24.6 Å². The second-order valence-electron chi connectivity index (χ2n) is 6.63. The van der Waals surface area contributed by atoms with Crippen molar-refractivity contribution in [2.75, 3.05) is 26.2 Å². The molecule has 2 aromatic heterocycles. The smallest absolute Gasteiger partial charge is 0.257 e. The maximum absolute atomic E-state index is 12.4. The molecule has 0 spiro atoms. The van der Waals surface area contributed by atoms with E-state index in [-0.39, 0.29) is 11.8 Å². The van der Waals surface area contributed by atoms with Gasteiger partial charge in [-0.3, -0.25) is 4.79 Å². The maximum Gasteiger partial charge on any atom is 0.257 e. The number of carbonyl (C=O) groups is 1. The van der Waals surface area contributed by atoms with Crippen LogP contribution in [-0.4, -0.2) is 67.6 Å². The summed E-state index contributed by atoms with van der Waals surface area (Å²) in [6.45, 7) is 1.92. The van der Waals surface area contributed by atoms with Crippen molar-refractivity contribution in [3.63, 3.8) is 0 Å². The summed E-state index contributed by atoms with van der Waals surface area (Å²) in [6.07, 6.45) is 8.30. The van der Waals surface area contributed by atoms with Crippen LogP contribution in [0.25, 0.3) is 11.3 Å². The molecule has 2 fully saturated rings. The molecule has 8 nitrogen and oxygen atoms in total. The Morgan fingerprint density at radius 1 is 1.24 bits per heavy atom. The number of hydrogen-bond acceptors (Lipinski definition) is 7. The largest absolute Gasteiger partial charge is 0.377 e. The molecular weight excluding hydrogens is 320 g/mol. The second kappa shape index (κ2) is 6.45. The number of piperidine rings is 1. The Labute approximate surface area is 145 Å². The van der Waals surface area contributed by atoms with E-state index in [4.69, 9.17) is 0 Å². The molecule has 25 heavy (non-hydrogen) atoms. The summed E-state index contributed by atoms with van der Waals surface area (Å²) in [7, 11) is 0. The van der Waals surface area contributed by atoms with E-state index in [1.807, 2.05) is 6.07 Å². The fraction of sp³-hybridized carbons (Fsp3) is 0.471. The van der Waals surface area contributed by atoms with Gasteiger partial charge in [-0.25, -0.2) is 19.9 Å². The summed E-state index contributed by atoms with van der Waals surface area (Å²) in [5.74, 6) is 0.834. The molecule has 0 aromatic carbocycles. The molecule has 0 unspecified atom stereocenters. The minimum Gasteiger partial charge on any atom is -0.377 e. The number of rotatable bonds is 3. The van der Waals surface area contributed by atoms with Gasteiger partial charge in [0.05, 0.1) is 5.69 Å². The van der Waals surface area contributed by atoms with Crippen molar-refractivity contribution in [3.8, 4) is 11.3 Å². The third-order valence-electron chi connectivity index (χ3n) is 4.91. The molecule has 2 aliphatic rings. The first-order valence-electron chi connectivity index (χ1n) is 8.46. The molecule has 0 radical (unpaired) electrons. The lowest BCUT2D eigenvalue weighted by molar-refractivity contribution is -0.157. The molecule has 2 saturated heterocycles. The van der Waals surface area contributed by atoms with Crippen molar-refractivity contribution in [1.82, 2.24) is 30.2 Å². The normalized spacial score (nSPS) is 20.1. The van der Waals surface area contributed by atoms with Crippen molar-refractivity contribution in [2.24, 2.45) is 0 Å². The van der Waals surface area contributed by atoms with E-state index in [9.17, 15) is 9.90 Å². The first kappa shape index (κ1) is 16.0. The molecule has 2 N–H and O–H groups in total. The van der Waals surface area contributed by atoms with E-state index < -0.39 is 5.60 Å². The van der Waals surface area contributed by atoms with Gasteiger partial charge in [0.1, 0.15) is 12.2 Å². The van der Waals surface area contributed by atoms with Gasteiger partial charge in [-0.1, -0.05) is 0 Å². The first-order valence-corrected chi connectivity index (χ1v) is 8.46. The lowest BCUT2D eigenvalue weighted by Crippen LogP contribution is -2.68. The Bertz CT molecular complexity index is 757. The first-order chi connectivity index (χ1) is 12.2. The van der Waals surface area contributed by atoms with Gasteiger partial charge in [0, 0.05) is 56.3 Å². The van der Waals surface area contributed by atoms with Gasteiger partial charge in [0.15, 0.2) is 5.60 Å². The number of β-amino-alcohol motifs (C(OH)–C–C–N with tert-alkyl or cyclic N) is 1. The van der Waals surface area contributed by atoms with E-state index in [1.165, 1.54) is 6.33 Å². The van der Waals surface area contributed by atoms with Crippen LogP contribution in [0.15, 0.2) is 31.0 Å². The van der Waals surface area contributed by atoms with Gasteiger partial charge in [-0.05, 0) is 18.9 Å². The van der Waals surface area contributed by atoms with E-state index in [1.54, 1.807) is 23.5 Å². The molecular formula is C17H20N6O2. The summed E-state index contributed by atoms with van der Waals surface area (Å²) < 4.78 is 0.